The maximum absolute atomic E-state index is 5.85. The van der Waals surface area contributed by atoms with Crippen molar-refractivity contribution in [3.05, 3.63) is 54.7 Å². The number of anilines is 2. The van der Waals surface area contributed by atoms with Crippen LogP contribution in [0.2, 0.25) is 0 Å². The average Bonchev–Trinajstić information content (AvgIpc) is 3.14. The Bertz CT molecular complexity index is 966. The lowest BCUT2D eigenvalue weighted by molar-refractivity contribution is 0.999. The normalized spacial score (nSPS) is 10.8. The summed E-state index contributed by atoms with van der Waals surface area (Å²) in [5.41, 5.74) is 9.33. The van der Waals surface area contributed by atoms with Gasteiger partial charge in [-0.15, -0.1) is 0 Å². The van der Waals surface area contributed by atoms with E-state index in [2.05, 4.69) is 35.5 Å². The molecule has 0 aliphatic heterocycles. The molecule has 0 radical (unpaired) electrons. The van der Waals surface area contributed by atoms with E-state index in [1.165, 1.54) is 0 Å². The molecule has 24 heavy (non-hydrogen) atoms. The predicted molar refractivity (Wildman–Crippen MR) is 90.9 cm³/mol. The van der Waals surface area contributed by atoms with Crippen LogP contribution in [0, 0.1) is 0 Å². The molecule has 3 aromatic heterocycles. The minimum absolute atomic E-state index is 0.214. The largest absolute Gasteiger partial charge is 0.368 e. The van der Waals surface area contributed by atoms with Crippen LogP contribution >= 0.6 is 0 Å². The molecule has 0 spiro atoms. The fourth-order valence-corrected chi connectivity index (χ4v) is 2.46. The van der Waals surface area contributed by atoms with Gasteiger partial charge in [-0.25, -0.2) is 4.98 Å². The molecule has 0 bridgehead atoms. The van der Waals surface area contributed by atoms with Gasteiger partial charge in [0.05, 0.1) is 29.6 Å². The van der Waals surface area contributed by atoms with Gasteiger partial charge in [-0.3, -0.25) is 15.1 Å². The lowest BCUT2D eigenvalue weighted by atomic mass is 10.1. The number of rotatable bonds is 4. The first-order chi connectivity index (χ1) is 11.8. The summed E-state index contributed by atoms with van der Waals surface area (Å²) in [7, 11) is 0. The first kappa shape index (κ1) is 14.1. The second kappa shape index (κ2) is 5.92. The molecule has 0 amide bonds. The Hall–Kier alpha value is -3.55. The minimum Gasteiger partial charge on any atom is -0.368 e. The van der Waals surface area contributed by atoms with Crippen LogP contribution < -0.4 is 11.1 Å². The van der Waals surface area contributed by atoms with Gasteiger partial charge in [0, 0.05) is 29.5 Å². The first-order valence-corrected chi connectivity index (χ1v) is 7.35. The Morgan fingerprint density at radius 2 is 2.04 bits per heavy atom. The molecule has 8 nitrogen and oxygen atoms in total. The molecule has 4 N–H and O–H groups in total. The van der Waals surface area contributed by atoms with Crippen molar-refractivity contribution in [2.45, 2.75) is 6.54 Å². The van der Waals surface area contributed by atoms with Crippen molar-refractivity contribution in [1.82, 2.24) is 30.1 Å². The molecule has 4 aromatic rings. The number of aromatic amines is 1. The SMILES string of the molecule is Nc1nc(NCc2cnccn2)c2ccc(-c3ccn[nH]3)cc2n1. The Morgan fingerprint density at radius 3 is 2.83 bits per heavy atom. The van der Waals surface area contributed by atoms with Gasteiger partial charge in [0.1, 0.15) is 5.82 Å². The van der Waals surface area contributed by atoms with Crippen LogP contribution in [0.3, 0.4) is 0 Å². The third kappa shape index (κ3) is 2.72. The molecule has 0 atom stereocenters. The number of fused-ring (bicyclic) bond motifs is 1. The molecule has 1 aromatic carbocycles. The molecule has 0 aliphatic carbocycles. The van der Waals surface area contributed by atoms with Crippen LogP contribution in [0.15, 0.2) is 49.1 Å². The lowest BCUT2D eigenvalue weighted by Crippen LogP contribution is -2.06. The van der Waals surface area contributed by atoms with Crippen molar-refractivity contribution in [3.8, 4) is 11.3 Å². The highest BCUT2D eigenvalue weighted by Crippen LogP contribution is 2.26. The number of hydrogen-bond acceptors (Lipinski definition) is 7. The summed E-state index contributed by atoms with van der Waals surface area (Å²) < 4.78 is 0. The molecule has 0 aliphatic rings. The Kier molecular flexibility index (Phi) is 3.47. The highest BCUT2D eigenvalue weighted by atomic mass is 15.1. The van der Waals surface area contributed by atoms with Gasteiger partial charge in [-0.05, 0) is 18.2 Å². The van der Waals surface area contributed by atoms with Gasteiger partial charge in [0.15, 0.2) is 0 Å². The summed E-state index contributed by atoms with van der Waals surface area (Å²) in [4.78, 5) is 16.9. The van der Waals surface area contributed by atoms with Crippen LogP contribution in [0.25, 0.3) is 22.2 Å². The van der Waals surface area contributed by atoms with Crippen LogP contribution in [0.1, 0.15) is 5.69 Å². The molecule has 3 heterocycles. The summed E-state index contributed by atoms with van der Waals surface area (Å²) in [5.74, 6) is 0.880. The van der Waals surface area contributed by atoms with Crippen LogP contribution in [-0.2, 0) is 6.54 Å². The molecule has 4 rings (SSSR count). The predicted octanol–water partition coefficient (Wildman–Crippen LogP) is 2.00. The average molecular weight is 318 g/mol. The van der Waals surface area contributed by atoms with Crippen molar-refractivity contribution < 1.29 is 0 Å². The van der Waals surface area contributed by atoms with E-state index in [4.69, 9.17) is 5.73 Å². The Morgan fingerprint density at radius 1 is 1.08 bits per heavy atom. The van der Waals surface area contributed by atoms with E-state index in [-0.39, 0.29) is 5.95 Å². The van der Waals surface area contributed by atoms with Gasteiger partial charge in [-0.1, -0.05) is 6.07 Å². The molecule has 8 heteroatoms. The van der Waals surface area contributed by atoms with Crippen LogP contribution in [-0.4, -0.2) is 30.1 Å². The van der Waals surface area contributed by atoms with Gasteiger partial charge in [-0.2, -0.15) is 10.1 Å². The maximum atomic E-state index is 5.85. The topological polar surface area (TPSA) is 118 Å². The standard InChI is InChI=1S/C16H14N8/c17-16-22-14-7-10(13-3-4-21-24-13)1-2-12(14)15(23-16)20-9-11-8-18-5-6-19-11/h1-8H,9H2,(H,21,24)(H3,17,20,22,23). The zero-order valence-corrected chi connectivity index (χ0v) is 12.6. The van der Waals surface area contributed by atoms with Crippen molar-refractivity contribution in [3.63, 3.8) is 0 Å². The second-order valence-electron chi connectivity index (χ2n) is 5.18. The van der Waals surface area contributed by atoms with Gasteiger partial charge >= 0.3 is 0 Å². The Labute approximate surface area is 137 Å². The van der Waals surface area contributed by atoms with Crippen molar-refractivity contribution in [2.75, 3.05) is 11.1 Å². The maximum Gasteiger partial charge on any atom is 0.222 e. The van der Waals surface area contributed by atoms with E-state index < -0.39 is 0 Å². The smallest absolute Gasteiger partial charge is 0.222 e. The molecule has 0 saturated carbocycles. The Balaban J connectivity index is 1.70. The molecule has 118 valence electrons. The number of nitrogens with zero attached hydrogens (tertiary/aromatic N) is 5. The highest BCUT2D eigenvalue weighted by Gasteiger charge is 2.09. The van der Waals surface area contributed by atoms with Gasteiger partial charge in [0.25, 0.3) is 0 Å². The van der Waals surface area contributed by atoms with Crippen molar-refractivity contribution >= 4 is 22.7 Å². The number of nitrogens with one attached hydrogen (secondary N) is 2. The zero-order valence-electron chi connectivity index (χ0n) is 12.6. The van der Waals surface area contributed by atoms with Crippen LogP contribution in [0.4, 0.5) is 11.8 Å². The molecule has 0 fully saturated rings. The van der Waals surface area contributed by atoms with E-state index in [0.717, 1.165) is 27.9 Å². The molecule has 0 saturated heterocycles. The third-order valence-electron chi connectivity index (χ3n) is 3.58. The fourth-order valence-electron chi connectivity index (χ4n) is 2.46. The van der Waals surface area contributed by atoms with Crippen LogP contribution in [0.5, 0.6) is 0 Å². The van der Waals surface area contributed by atoms with E-state index in [1.807, 2.05) is 24.3 Å². The highest BCUT2D eigenvalue weighted by molar-refractivity contribution is 5.92. The first-order valence-electron chi connectivity index (χ1n) is 7.35. The second-order valence-corrected chi connectivity index (χ2v) is 5.18. The number of nitrogen functional groups attached to an aromatic ring is 1. The zero-order chi connectivity index (χ0) is 16.4. The number of hydrogen-bond donors (Lipinski definition) is 3. The summed E-state index contributed by atoms with van der Waals surface area (Å²) in [6, 6.07) is 7.81. The molecular formula is C16H14N8. The van der Waals surface area contributed by atoms with Gasteiger partial charge in [0.2, 0.25) is 5.95 Å². The summed E-state index contributed by atoms with van der Waals surface area (Å²) in [6.45, 7) is 0.502. The van der Waals surface area contributed by atoms with E-state index >= 15 is 0 Å². The third-order valence-corrected chi connectivity index (χ3v) is 3.58. The van der Waals surface area contributed by atoms with E-state index in [1.54, 1.807) is 24.8 Å². The van der Waals surface area contributed by atoms with E-state index in [9.17, 15) is 0 Å². The van der Waals surface area contributed by atoms with Crippen molar-refractivity contribution in [2.24, 2.45) is 0 Å². The number of nitrogens with two attached hydrogens (primary N) is 1. The lowest BCUT2D eigenvalue weighted by Gasteiger charge is -2.10. The number of benzene rings is 1. The summed E-state index contributed by atoms with van der Waals surface area (Å²) in [6.07, 6.45) is 6.70. The number of H-pyrrole nitrogens is 1. The molecule has 0 unspecified atom stereocenters. The van der Waals surface area contributed by atoms with Crippen molar-refractivity contribution in [1.29, 1.82) is 0 Å². The monoisotopic (exact) mass is 318 g/mol. The van der Waals surface area contributed by atoms with E-state index in [0.29, 0.717) is 12.4 Å². The quantitative estimate of drug-likeness (QED) is 0.526. The summed E-state index contributed by atoms with van der Waals surface area (Å²) >= 11 is 0. The number of aromatic nitrogens is 6. The minimum atomic E-state index is 0.214. The summed E-state index contributed by atoms with van der Waals surface area (Å²) in [5, 5.41) is 11.0. The molecular weight excluding hydrogens is 304 g/mol. The van der Waals surface area contributed by atoms with Gasteiger partial charge < -0.3 is 11.1 Å². The fraction of sp³-hybridized carbons (Fsp3) is 0.0625.